The zero-order valence-corrected chi connectivity index (χ0v) is 11.4. The van der Waals surface area contributed by atoms with Crippen LogP contribution in [0.15, 0.2) is 17.2 Å². The van der Waals surface area contributed by atoms with Gasteiger partial charge in [0, 0.05) is 18.2 Å². The summed E-state index contributed by atoms with van der Waals surface area (Å²) in [4.78, 5) is 11.7. The second-order valence-electron chi connectivity index (χ2n) is 4.38. The van der Waals surface area contributed by atoms with Crippen LogP contribution in [0.25, 0.3) is 0 Å². The number of hydrogen-bond acceptors (Lipinski definition) is 4. The molecule has 0 saturated carbocycles. The number of hydrogen-bond donors (Lipinski definition) is 2. The van der Waals surface area contributed by atoms with Crippen LogP contribution in [0.5, 0.6) is 0 Å². The van der Waals surface area contributed by atoms with E-state index in [4.69, 9.17) is 4.52 Å². The number of aryl methyl sites for hydroxylation is 2. The normalized spacial score (nSPS) is 14.0. The van der Waals surface area contributed by atoms with Gasteiger partial charge >= 0.3 is 0 Å². The highest BCUT2D eigenvalue weighted by Crippen LogP contribution is 2.21. The van der Waals surface area contributed by atoms with Gasteiger partial charge in [0.2, 0.25) is 5.91 Å². The van der Waals surface area contributed by atoms with Crippen molar-refractivity contribution in [1.29, 1.82) is 0 Å². The average Bonchev–Trinajstić information content (AvgIpc) is 2.65. The first-order chi connectivity index (χ1) is 8.47. The van der Waals surface area contributed by atoms with Crippen LogP contribution in [0.3, 0.4) is 0 Å². The summed E-state index contributed by atoms with van der Waals surface area (Å²) in [7, 11) is 0. The van der Waals surface area contributed by atoms with Crippen molar-refractivity contribution in [2.75, 3.05) is 6.54 Å². The lowest BCUT2D eigenvalue weighted by Crippen LogP contribution is -2.43. The summed E-state index contributed by atoms with van der Waals surface area (Å²) in [5.41, 5.74) is 1.87. The van der Waals surface area contributed by atoms with E-state index >= 15 is 0 Å². The second-order valence-corrected chi connectivity index (χ2v) is 4.38. The molecule has 0 aliphatic carbocycles. The first-order valence-electron chi connectivity index (χ1n) is 6.04. The molecule has 0 saturated heterocycles. The number of rotatable bonds is 6. The molecule has 0 radical (unpaired) electrons. The van der Waals surface area contributed by atoms with Crippen molar-refractivity contribution in [3.05, 3.63) is 29.7 Å². The molecule has 0 spiro atoms. The van der Waals surface area contributed by atoms with Crippen molar-refractivity contribution in [2.45, 2.75) is 39.8 Å². The molecule has 1 aromatic heterocycles. The molecule has 0 fully saturated rings. The maximum atomic E-state index is 11.7. The summed E-state index contributed by atoms with van der Waals surface area (Å²) < 4.78 is 5.12. The third-order valence-electron chi connectivity index (χ3n) is 2.84. The molecule has 0 aliphatic heterocycles. The van der Waals surface area contributed by atoms with Crippen molar-refractivity contribution in [1.82, 2.24) is 15.8 Å². The SMILES string of the molecule is C=CCNC(=O)C(C)NC(C)c1c(C)noc1C. The van der Waals surface area contributed by atoms with Crippen LogP contribution >= 0.6 is 0 Å². The summed E-state index contributed by atoms with van der Waals surface area (Å²) >= 11 is 0. The first kappa shape index (κ1) is 14.4. The molecule has 0 aromatic carbocycles. The first-order valence-corrected chi connectivity index (χ1v) is 6.04. The lowest BCUT2D eigenvalue weighted by atomic mass is 10.1. The molecule has 2 atom stereocenters. The second kappa shape index (κ2) is 6.35. The zero-order valence-electron chi connectivity index (χ0n) is 11.4. The molecule has 0 bridgehead atoms. The minimum atomic E-state index is -0.284. The van der Waals surface area contributed by atoms with E-state index in [1.165, 1.54) is 0 Å². The minimum absolute atomic E-state index is 0.0146. The Bertz CT molecular complexity index is 406. The van der Waals surface area contributed by atoms with Gasteiger partial charge in [0.15, 0.2) is 0 Å². The molecule has 1 aromatic rings. The maximum Gasteiger partial charge on any atom is 0.237 e. The number of amides is 1. The third kappa shape index (κ3) is 3.43. The van der Waals surface area contributed by atoms with Gasteiger partial charge in [0.1, 0.15) is 5.76 Å². The molecule has 0 aliphatic rings. The van der Waals surface area contributed by atoms with E-state index < -0.39 is 0 Å². The van der Waals surface area contributed by atoms with Gasteiger partial charge < -0.3 is 9.84 Å². The fraction of sp³-hybridized carbons (Fsp3) is 0.538. The number of carbonyl (C=O) groups excluding carboxylic acids is 1. The monoisotopic (exact) mass is 251 g/mol. The van der Waals surface area contributed by atoms with E-state index in [1.807, 2.05) is 27.7 Å². The van der Waals surface area contributed by atoms with E-state index in [2.05, 4.69) is 22.4 Å². The maximum absolute atomic E-state index is 11.7. The molecule has 100 valence electrons. The van der Waals surface area contributed by atoms with E-state index in [1.54, 1.807) is 6.08 Å². The highest BCUT2D eigenvalue weighted by atomic mass is 16.5. The van der Waals surface area contributed by atoms with Crippen molar-refractivity contribution >= 4 is 5.91 Å². The van der Waals surface area contributed by atoms with Crippen molar-refractivity contribution in [3.63, 3.8) is 0 Å². The lowest BCUT2D eigenvalue weighted by molar-refractivity contribution is -0.122. The average molecular weight is 251 g/mol. The molecule has 1 rings (SSSR count). The van der Waals surface area contributed by atoms with Gasteiger partial charge in [-0.25, -0.2) is 0 Å². The molecular weight excluding hydrogens is 230 g/mol. The van der Waals surface area contributed by atoms with Crippen molar-refractivity contribution < 1.29 is 9.32 Å². The predicted octanol–water partition coefficient (Wildman–Crippen LogP) is 1.63. The lowest BCUT2D eigenvalue weighted by Gasteiger charge is -2.19. The highest BCUT2D eigenvalue weighted by Gasteiger charge is 2.20. The van der Waals surface area contributed by atoms with Crippen LogP contribution in [-0.2, 0) is 4.79 Å². The minimum Gasteiger partial charge on any atom is -0.361 e. The Morgan fingerprint density at radius 2 is 2.17 bits per heavy atom. The molecule has 1 amide bonds. The Kier molecular flexibility index (Phi) is 5.09. The van der Waals surface area contributed by atoms with E-state index in [9.17, 15) is 4.79 Å². The summed E-state index contributed by atoms with van der Waals surface area (Å²) in [5, 5.41) is 9.89. The van der Waals surface area contributed by atoms with Crippen LogP contribution in [0.2, 0.25) is 0 Å². The Balaban J connectivity index is 2.62. The van der Waals surface area contributed by atoms with Gasteiger partial charge in [-0.1, -0.05) is 11.2 Å². The zero-order chi connectivity index (χ0) is 13.7. The van der Waals surface area contributed by atoms with Gasteiger partial charge in [0.05, 0.1) is 11.7 Å². The van der Waals surface area contributed by atoms with Crippen LogP contribution in [0.1, 0.15) is 36.9 Å². The summed E-state index contributed by atoms with van der Waals surface area (Å²) in [6.45, 7) is 11.6. The van der Waals surface area contributed by atoms with Gasteiger partial charge in [0.25, 0.3) is 0 Å². The van der Waals surface area contributed by atoms with Gasteiger partial charge in [-0.3, -0.25) is 10.1 Å². The van der Waals surface area contributed by atoms with Gasteiger partial charge in [-0.15, -0.1) is 6.58 Å². The smallest absolute Gasteiger partial charge is 0.237 e. The number of carbonyl (C=O) groups is 1. The van der Waals surface area contributed by atoms with Crippen molar-refractivity contribution in [3.8, 4) is 0 Å². The Morgan fingerprint density at radius 1 is 1.50 bits per heavy atom. The molecule has 5 nitrogen and oxygen atoms in total. The topological polar surface area (TPSA) is 67.2 Å². The van der Waals surface area contributed by atoms with Crippen LogP contribution in [0.4, 0.5) is 0 Å². The summed E-state index contributed by atoms with van der Waals surface area (Å²) in [5.74, 6) is 0.736. The standard InChI is InChI=1S/C13H21N3O2/c1-6-7-14-13(17)10(4)15-8(2)12-9(3)16-18-11(12)5/h6,8,10,15H,1,7H2,2-5H3,(H,14,17). The molecule has 5 heteroatoms. The van der Waals surface area contributed by atoms with E-state index in [0.717, 1.165) is 17.0 Å². The van der Waals surface area contributed by atoms with E-state index in [0.29, 0.717) is 6.54 Å². The molecule has 2 unspecified atom stereocenters. The molecular formula is C13H21N3O2. The van der Waals surface area contributed by atoms with Crippen LogP contribution in [0, 0.1) is 13.8 Å². The third-order valence-corrected chi connectivity index (χ3v) is 2.84. The Hall–Kier alpha value is -1.62. The number of aromatic nitrogens is 1. The summed E-state index contributed by atoms with van der Waals surface area (Å²) in [6, 6.07) is -0.269. The van der Waals surface area contributed by atoms with Crippen LogP contribution in [-0.4, -0.2) is 23.7 Å². The number of nitrogens with zero attached hydrogens (tertiary/aromatic N) is 1. The Morgan fingerprint density at radius 3 is 2.67 bits per heavy atom. The van der Waals surface area contributed by atoms with Gasteiger partial charge in [-0.2, -0.15) is 0 Å². The molecule has 1 heterocycles. The number of nitrogens with one attached hydrogen (secondary N) is 2. The summed E-state index contributed by atoms with van der Waals surface area (Å²) in [6.07, 6.45) is 1.66. The van der Waals surface area contributed by atoms with Gasteiger partial charge in [-0.05, 0) is 27.7 Å². The fourth-order valence-corrected chi connectivity index (χ4v) is 1.97. The molecule has 2 N–H and O–H groups in total. The quantitative estimate of drug-likeness (QED) is 0.754. The predicted molar refractivity (Wildman–Crippen MR) is 70.2 cm³/mol. The fourth-order valence-electron chi connectivity index (χ4n) is 1.97. The van der Waals surface area contributed by atoms with Crippen LogP contribution < -0.4 is 10.6 Å². The largest absolute Gasteiger partial charge is 0.361 e. The Labute approximate surface area is 108 Å². The van der Waals surface area contributed by atoms with Crippen molar-refractivity contribution in [2.24, 2.45) is 0 Å². The molecule has 18 heavy (non-hydrogen) atoms. The highest BCUT2D eigenvalue weighted by molar-refractivity contribution is 5.81. The van der Waals surface area contributed by atoms with E-state index in [-0.39, 0.29) is 18.0 Å².